The molecule has 22 heavy (non-hydrogen) atoms. The van der Waals surface area contributed by atoms with E-state index in [4.69, 9.17) is 4.74 Å². The van der Waals surface area contributed by atoms with Crippen molar-refractivity contribution < 1.29 is 4.74 Å². The van der Waals surface area contributed by atoms with E-state index >= 15 is 0 Å². The summed E-state index contributed by atoms with van der Waals surface area (Å²) in [4.78, 5) is 2.44. The van der Waals surface area contributed by atoms with Gasteiger partial charge in [0.25, 0.3) is 0 Å². The van der Waals surface area contributed by atoms with E-state index in [-0.39, 0.29) is 0 Å². The van der Waals surface area contributed by atoms with Gasteiger partial charge in [-0.05, 0) is 30.2 Å². The lowest BCUT2D eigenvalue weighted by Gasteiger charge is -2.26. The van der Waals surface area contributed by atoms with Crippen molar-refractivity contribution in [1.29, 1.82) is 0 Å². The Morgan fingerprint density at radius 1 is 1.00 bits per heavy atom. The average molecular weight is 296 g/mol. The summed E-state index contributed by atoms with van der Waals surface area (Å²) in [6.45, 7) is 6.98. The molecule has 1 aliphatic rings. The number of benzene rings is 2. The highest BCUT2D eigenvalue weighted by molar-refractivity contribution is 5.46. The molecule has 0 radical (unpaired) electrons. The van der Waals surface area contributed by atoms with Crippen LogP contribution in [0.2, 0.25) is 0 Å². The normalized spacial score (nSPS) is 17.1. The van der Waals surface area contributed by atoms with Crippen molar-refractivity contribution in [2.45, 2.75) is 19.5 Å². The Balaban J connectivity index is 1.57. The van der Waals surface area contributed by atoms with Gasteiger partial charge in [-0.15, -0.1) is 0 Å². The quantitative estimate of drug-likeness (QED) is 0.910. The zero-order chi connectivity index (χ0) is 15.2. The van der Waals surface area contributed by atoms with Gasteiger partial charge in [0.2, 0.25) is 0 Å². The molecule has 0 aliphatic carbocycles. The van der Waals surface area contributed by atoms with E-state index in [1.54, 1.807) is 0 Å². The first-order valence-electron chi connectivity index (χ1n) is 8.02. The van der Waals surface area contributed by atoms with E-state index in [1.807, 2.05) is 0 Å². The fourth-order valence-corrected chi connectivity index (χ4v) is 2.80. The van der Waals surface area contributed by atoms with E-state index < -0.39 is 0 Å². The lowest BCUT2D eigenvalue weighted by atomic mass is 10.1. The fraction of sp³-hybridized carbons (Fsp3) is 0.368. The van der Waals surface area contributed by atoms with Crippen LogP contribution in [0.4, 0.5) is 5.69 Å². The molecule has 0 aromatic heterocycles. The molecule has 1 fully saturated rings. The molecule has 116 valence electrons. The van der Waals surface area contributed by atoms with E-state index in [2.05, 4.69) is 71.7 Å². The van der Waals surface area contributed by atoms with Crippen LogP contribution >= 0.6 is 0 Å². The van der Waals surface area contributed by atoms with Gasteiger partial charge < -0.3 is 10.1 Å². The van der Waals surface area contributed by atoms with Gasteiger partial charge in [-0.2, -0.15) is 0 Å². The van der Waals surface area contributed by atoms with Crippen molar-refractivity contribution in [3.05, 3.63) is 65.7 Å². The summed E-state index contributed by atoms with van der Waals surface area (Å²) in [5, 5.41) is 3.56. The first kappa shape index (κ1) is 15.1. The van der Waals surface area contributed by atoms with Gasteiger partial charge in [-0.25, -0.2) is 0 Å². The molecule has 0 amide bonds. The first-order chi connectivity index (χ1) is 10.8. The van der Waals surface area contributed by atoms with Crippen molar-refractivity contribution in [2.75, 3.05) is 31.6 Å². The number of morpholine rings is 1. The Morgan fingerprint density at radius 2 is 1.68 bits per heavy atom. The summed E-state index contributed by atoms with van der Waals surface area (Å²) in [5.74, 6) is 0. The standard InChI is InChI=1S/C19H24N2O/c1-16(18-5-3-2-4-6-18)20-19-9-7-17(8-10-19)15-21-11-13-22-14-12-21/h2-10,16,20H,11-15H2,1H3. The molecule has 1 N–H and O–H groups in total. The lowest BCUT2D eigenvalue weighted by molar-refractivity contribution is 0.0342. The zero-order valence-electron chi connectivity index (χ0n) is 13.2. The minimum atomic E-state index is 0.311. The summed E-state index contributed by atoms with van der Waals surface area (Å²) in [6.07, 6.45) is 0. The molecule has 1 saturated heterocycles. The van der Waals surface area contributed by atoms with Gasteiger partial charge in [-0.1, -0.05) is 42.5 Å². The van der Waals surface area contributed by atoms with Crippen LogP contribution < -0.4 is 5.32 Å². The van der Waals surface area contributed by atoms with Crippen LogP contribution in [0.5, 0.6) is 0 Å². The summed E-state index contributed by atoms with van der Waals surface area (Å²) in [6, 6.07) is 19.6. The molecule has 0 saturated carbocycles. The molecule has 1 aliphatic heterocycles. The third kappa shape index (κ3) is 4.09. The Labute approximate surface area is 132 Å². The maximum Gasteiger partial charge on any atom is 0.0594 e. The largest absolute Gasteiger partial charge is 0.379 e. The Kier molecular flexibility index (Phi) is 5.09. The molecule has 1 unspecified atom stereocenters. The van der Waals surface area contributed by atoms with E-state index in [0.717, 1.165) is 32.8 Å². The van der Waals surface area contributed by atoms with E-state index in [9.17, 15) is 0 Å². The maximum absolute atomic E-state index is 5.39. The van der Waals surface area contributed by atoms with Crippen molar-refractivity contribution >= 4 is 5.69 Å². The highest BCUT2D eigenvalue weighted by atomic mass is 16.5. The Bertz CT molecular complexity index is 562. The molecular weight excluding hydrogens is 272 g/mol. The number of nitrogens with one attached hydrogen (secondary N) is 1. The van der Waals surface area contributed by atoms with Gasteiger partial charge in [-0.3, -0.25) is 4.90 Å². The number of ether oxygens (including phenoxy) is 1. The van der Waals surface area contributed by atoms with Gasteiger partial charge in [0.05, 0.1) is 13.2 Å². The summed E-state index contributed by atoms with van der Waals surface area (Å²) >= 11 is 0. The van der Waals surface area contributed by atoms with Crippen LogP contribution in [-0.2, 0) is 11.3 Å². The molecule has 0 bridgehead atoms. The zero-order valence-corrected chi connectivity index (χ0v) is 13.2. The van der Waals surface area contributed by atoms with E-state index in [0.29, 0.717) is 6.04 Å². The average Bonchev–Trinajstić information content (AvgIpc) is 2.58. The minimum absolute atomic E-state index is 0.311. The first-order valence-corrected chi connectivity index (χ1v) is 8.02. The van der Waals surface area contributed by atoms with Crippen molar-refractivity contribution in [2.24, 2.45) is 0 Å². The molecule has 2 aromatic carbocycles. The number of anilines is 1. The van der Waals surface area contributed by atoms with Gasteiger partial charge in [0.1, 0.15) is 0 Å². The predicted molar refractivity (Wildman–Crippen MR) is 91.0 cm³/mol. The molecular formula is C19H24N2O. The number of hydrogen-bond donors (Lipinski definition) is 1. The Hall–Kier alpha value is -1.84. The van der Waals surface area contributed by atoms with Crippen molar-refractivity contribution in [1.82, 2.24) is 4.90 Å². The highest BCUT2D eigenvalue weighted by Crippen LogP contribution is 2.19. The summed E-state index contributed by atoms with van der Waals surface area (Å²) in [7, 11) is 0. The second-order valence-corrected chi connectivity index (χ2v) is 5.86. The van der Waals surface area contributed by atoms with Crippen LogP contribution in [0.25, 0.3) is 0 Å². The van der Waals surface area contributed by atoms with E-state index in [1.165, 1.54) is 16.8 Å². The second-order valence-electron chi connectivity index (χ2n) is 5.86. The third-order valence-corrected chi connectivity index (χ3v) is 4.15. The molecule has 1 heterocycles. The third-order valence-electron chi connectivity index (χ3n) is 4.15. The second kappa shape index (κ2) is 7.43. The van der Waals surface area contributed by atoms with Crippen LogP contribution in [0.1, 0.15) is 24.1 Å². The summed E-state index contributed by atoms with van der Waals surface area (Å²) in [5.41, 5.74) is 3.83. The number of rotatable bonds is 5. The SMILES string of the molecule is CC(Nc1ccc(CN2CCOCC2)cc1)c1ccccc1. The molecule has 1 atom stereocenters. The molecule has 3 nitrogen and oxygen atoms in total. The number of nitrogens with zero attached hydrogens (tertiary/aromatic N) is 1. The Morgan fingerprint density at radius 3 is 2.36 bits per heavy atom. The lowest BCUT2D eigenvalue weighted by Crippen LogP contribution is -2.35. The monoisotopic (exact) mass is 296 g/mol. The van der Waals surface area contributed by atoms with Crippen molar-refractivity contribution in [3.8, 4) is 0 Å². The van der Waals surface area contributed by atoms with Crippen LogP contribution in [0, 0.1) is 0 Å². The maximum atomic E-state index is 5.39. The van der Waals surface area contributed by atoms with Crippen LogP contribution in [0.15, 0.2) is 54.6 Å². The van der Waals surface area contributed by atoms with Gasteiger partial charge in [0, 0.05) is 31.4 Å². The van der Waals surface area contributed by atoms with Crippen LogP contribution in [-0.4, -0.2) is 31.2 Å². The van der Waals surface area contributed by atoms with Gasteiger partial charge in [0.15, 0.2) is 0 Å². The minimum Gasteiger partial charge on any atom is -0.379 e. The molecule has 2 aromatic rings. The fourth-order valence-electron chi connectivity index (χ4n) is 2.80. The van der Waals surface area contributed by atoms with Gasteiger partial charge >= 0.3 is 0 Å². The summed E-state index contributed by atoms with van der Waals surface area (Å²) < 4.78 is 5.39. The smallest absolute Gasteiger partial charge is 0.0594 e. The molecule has 0 spiro atoms. The topological polar surface area (TPSA) is 24.5 Å². The van der Waals surface area contributed by atoms with Crippen LogP contribution in [0.3, 0.4) is 0 Å². The predicted octanol–water partition coefficient (Wildman–Crippen LogP) is 3.69. The molecule has 3 heteroatoms. The highest BCUT2D eigenvalue weighted by Gasteiger charge is 2.10. The van der Waals surface area contributed by atoms with Crippen molar-refractivity contribution in [3.63, 3.8) is 0 Å². The number of hydrogen-bond acceptors (Lipinski definition) is 3. The molecule has 3 rings (SSSR count).